The number of hydrogen-bond donors (Lipinski definition) is 1. The van der Waals surface area contributed by atoms with Gasteiger partial charge in [0.15, 0.2) is 0 Å². The lowest BCUT2D eigenvalue weighted by molar-refractivity contribution is -0.123. The minimum absolute atomic E-state index is 0.0864. The van der Waals surface area contributed by atoms with E-state index in [-0.39, 0.29) is 12.0 Å². The molecule has 96 valence electrons. The second-order valence-electron chi connectivity index (χ2n) is 5.23. The van der Waals surface area contributed by atoms with Gasteiger partial charge in [0.25, 0.3) is 0 Å². The molecule has 0 amide bonds. The van der Waals surface area contributed by atoms with Gasteiger partial charge >= 0.3 is 0 Å². The third-order valence-electron chi connectivity index (χ3n) is 3.86. The minimum atomic E-state index is 0.0864. The van der Waals surface area contributed by atoms with Crippen LogP contribution in [0.1, 0.15) is 24.3 Å². The molecule has 3 rings (SSSR count). The molecule has 3 unspecified atom stereocenters. The van der Waals surface area contributed by atoms with E-state index >= 15 is 0 Å². The average molecular weight is 245 g/mol. The lowest BCUT2D eigenvalue weighted by Crippen LogP contribution is -2.39. The first-order chi connectivity index (χ1) is 8.84. The Labute approximate surface area is 108 Å². The normalized spacial score (nSPS) is 31.0. The highest BCUT2D eigenvalue weighted by Crippen LogP contribution is 2.48. The van der Waals surface area contributed by atoms with E-state index in [1.54, 1.807) is 0 Å². The molecule has 1 saturated heterocycles. The topological polar surface area (TPSA) is 38.3 Å². The molecular weight excluding hydrogens is 226 g/mol. The van der Waals surface area contributed by atoms with Crippen molar-refractivity contribution in [2.24, 2.45) is 5.92 Å². The fourth-order valence-corrected chi connectivity index (χ4v) is 2.75. The highest BCUT2D eigenvalue weighted by atomic mass is 16.5. The molecule has 0 spiro atoms. The first-order valence-corrected chi connectivity index (χ1v) is 6.74. The Kier molecular flexibility index (Phi) is 3.43. The van der Waals surface area contributed by atoms with Gasteiger partial charge in [0, 0.05) is 25.4 Å². The van der Waals surface area contributed by atoms with Gasteiger partial charge in [-0.1, -0.05) is 30.3 Å². The molecule has 18 heavy (non-hydrogen) atoms. The molecule has 3 heteroatoms. The third-order valence-corrected chi connectivity index (χ3v) is 3.86. The number of morpholine rings is 1. The molecule has 1 aliphatic heterocycles. The minimum Gasteiger partial charge on any atom is -0.375 e. The summed E-state index contributed by atoms with van der Waals surface area (Å²) in [6.45, 7) is 2.44. The van der Waals surface area contributed by atoms with Crippen molar-refractivity contribution in [1.29, 1.82) is 0 Å². The summed E-state index contributed by atoms with van der Waals surface area (Å²) in [4.78, 5) is 12.1. The number of hydrogen-bond acceptors (Lipinski definition) is 3. The molecule has 3 atom stereocenters. The Balaban J connectivity index is 1.53. The van der Waals surface area contributed by atoms with Crippen LogP contribution in [0.3, 0.4) is 0 Å². The van der Waals surface area contributed by atoms with Crippen LogP contribution in [0.4, 0.5) is 0 Å². The van der Waals surface area contributed by atoms with Crippen molar-refractivity contribution in [1.82, 2.24) is 5.32 Å². The van der Waals surface area contributed by atoms with Crippen LogP contribution in [0.25, 0.3) is 0 Å². The second-order valence-corrected chi connectivity index (χ2v) is 5.23. The fraction of sp³-hybridized carbons (Fsp3) is 0.533. The van der Waals surface area contributed by atoms with Crippen LogP contribution in [0, 0.1) is 5.92 Å². The van der Waals surface area contributed by atoms with E-state index in [2.05, 4.69) is 17.4 Å². The van der Waals surface area contributed by atoms with E-state index < -0.39 is 0 Å². The highest BCUT2D eigenvalue weighted by molar-refractivity contribution is 5.85. The van der Waals surface area contributed by atoms with Crippen LogP contribution >= 0.6 is 0 Å². The summed E-state index contributed by atoms with van der Waals surface area (Å²) in [5, 5.41) is 3.27. The SMILES string of the molecule is O=C(CC1CNCCO1)C1CC1c1ccccc1. The van der Waals surface area contributed by atoms with Crippen molar-refractivity contribution >= 4 is 5.78 Å². The Morgan fingerprint density at radius 1 is 1.33 bits per heavy atom. The molecule has 1 aliphatic carbocycles. The molecule has 2 fully saturated rings. The Morgan fingerprint density at radius 2 is 2.17 bits per heavy atom. The number of ether oxygens (including phenoxy) is 1. The zero-order chi connectivity index (χ0) is 12.4. The second kappa shape index (κ2) is 5.21. The number of ketones is 1. The standard InChI is InChI=1S/C15H19NO2/c17-15(8-12-10-16-6-7-18-12)14-9-13(14)11-4-2-1-3-5-11/h1-5,12-14,16H,6-10H2. The third kappa shape index (κ3) is 2.62. The summed E-state index contributed by atoms with van der Waals surface area (Å²) in [5.74, 6) is 1.06. The molecule has 1 aromatic rings. The predicted molar refractivity (Wildman–Crippen MR) is 69.5 cm³/mol. The lowest BCUT2D eigenvalue weighted by Gasteiger charge is -2.22. The Morgan fingerprint density at radius 3 is 2.89 bits per heavy atom. The number of carbonyl (C=O) groups excluding carboxylic acids is 1. The zero-order valence-corrected chi connectivity index (χ0v) is 10.5. The van der Waals surface area contributed by atoms with Crippen LogP contribution in [0.5, 0.6) is 0 Å². The molecule has 1 N–H and O–H groups in total. The van der Waals surface area contributed by atoms with Gasteiger partial charge in [0.1, 0.15) is 5.78 Å². The summed E-state index contributed by atoms with van der Waals surface area (Å²) in [5.41, 5.74) is 1.30. The quantitative estimate of drug-likeness (QED) is 0.878. The molecule has 0 bridgehead atoms. The number of nitrogens with one attached hydrogen (secondary N) is 1. The van der Waals surface area contributed by atoms with Crippen molar-refractivity contribution in [3.8, 4) is 0 Å². The molecule has 0 aromatic heterocycles. The molecule has 2 aliphatic rings. The predicted octanol–water partition coefficient (Wildman–Crippen LogP) is 1.74. The number of benzene rings is 1. The molecule has 0 radical (unpaired) electrons. The largest absolute Gasteiger partial charge is 0.375 e. The Hall–Kier alpha value is -1.19. The summed E-state index contributed by atoms with van der Waals surface area (Å²) in [6, 6.07) is 10.4. The van der Waals surface area contributed by atoms with Gasteiger partial charge in [0.2, 0.25) is 0 Å². The van der Waals surface area contributed by atoms with E-state index in [0.717, 1.165) is 26.1 Å². The van der Waals surface area contributed by atoms with Gasteiger partial charge in [-0.25, -0.2) is 0 Å². The van der Waals surface area contributed by atoms with Crippen LogP contribution in [0.2, 0.25) is 0 Å². The van der Waals surface area contributed by atoms with Crippen LogP contribution in [-0.4, -0.2) is 31.6 Å². The van der Waals surface area contributed by atoms with Crippen LogP contribution in [0.15, 0.2) is 30.3 Å². The first kappa shape index (κ1) is 11.9. The highest BCUT2D eigenvalue weighted by Gasteiger charge is 2.43. The molecule has 1 aromatic carbocycles. The van der Waals surface area contributed by atoms with E-state index in [4.69, 9.17) is 4.74 Å². The van der Waals surface area contributed by atoms with Crippen LogP contribution in [-0.2, 0) is 9.53 Å². The number of carbonyl (C=O) groups is 1. The van der Waals surface area contributed by atoms with Crippen molar-refractivity contribution in [3.05, 3.63) is 35.9 Å². The van der Waals surface area contributed by atoms with E-state index in [0.29, 0.717) is 18.1 Å². The Bertz CT molecular complexity index is 412. The monoisotopic (exact) mass is 245 g/mol. The van der Waals surface area contributed by atoms with E-state index in [1.165, 1.54) is 5.56 Å². The van der Waals surface area contributed by atoms with Gasteiger partial charge in [-0.3, -0.25) is 4.79 Å². The molecular formula is C15H19NO2. The molecule has 1 heterocycles. The summed E-state index contributed by atoms with van der Waals surface area (Å²) in [7, 11) is 0. The maximum absolute atomic E-state index is 12.1. The van der Waals surface area contributed by atoms with Crippen molar-refractivity contribution in [2.45, 2.75) is 24.9 Å². The fourth-order valence-electron chi connectivity index (χ4n) is 2.75. The van der Waals surface area contributed by atoms with E-state index in [9.17, 15) is 4.79 Å². The van der Waals surface area contributed by atoms with Gasteiger partial charge in [0.05, 0.1) is 12.7 Å². The van der Waals surface area contributed by atoms with Crippen LogP contribution < -0.4 is 5.32 Å². The number of rotatable bonds is 4. The maximum atomic E-state index is 12.1. The summed E-state index contributed by atoms with van der Waals surface area (Å²) in [6.07, 6.45) is 1.67. The average Bonchev–Trinajstić information content (AvgIpc) is 3.21. The van der Waals surface area contributed by atoms with Gasteiger partial charge in [-0.2, -0.15) is 0 Å². The zero-order valence-electron chi connectivity index (χ0n) is 10.5. The summed E-state index contributed by atoms with van der Waals surface area (Å²) >= 11 is 0. The summed E-state index contributed by atoms with van der Waals surface area (Å²) < 4.78 is 5.58. The van der Waals surface area contributed by atoms with Crippen molar-refractivity contribution in [3.63, 3.8) is 0 Å². The maximum Gasteiger partial charge on any atom is 0.139 e. The van der Waals surface area contributed by atoms with Crippen molar-refractivity contribution < 1.29 is 9.53 Å². The van der Waals surface area contributed by atoms with Crippen molar-refractivity contribution in [2.75, 3.05) is 19.7 Å². The van der Waals surface area contributed by atoms with Gasteiger partial charge < -0.3 is 10.1 Å². The smallest absolute Gasteiger partial charge is 0.139 e. The first-order valence-electron chi connectivity index (χ1n) is 6.74. The lowest BCUT2D eigenvalue weighted by atomic mass is 10.0. The number of Topliss-reactive ketones (excluding diaryl/α,β-unsaturated/α-hetero) is 1. The van der Waals surface area contributed by atoms with Gasteiger partial charge in [-0.15, -0.1) is 0 Å². The van der Waals surface area contributed by atoms with E-state index in [1.807, 2.05) is 18.2 Å². The molecule has 3 nitrogen and oxygen atoms in total. The molecule has 1 saturated carbocycles. The van der Waals surface area contributed by atoms with Gasteiger partial charge in [-0.05, 0) is 17.9 Å².